The summed E-state index contributed by atoms with van der Waals surface area (Å²) in [6.45, 7) is 9.52. The number of para-hydroxylation sites is 1. The summed E-state index contributed by atoms with van der Waals surface area (Å²) in [5.41, 5.74) is 4.74. The van der Waals surface area contributed by atoms with Crippen LogP contribution in [0.25, 0.3) is 0 Å². The lowest BCUT2D eigenvalue weighted by molar-refractivity contribution is 0.637. The lowest BCUT2D eigenvalue weighted by atomic mass is 10.1. The molecular formula is C16H23N3. The molecule has 0 aliphatic heterocycles. The van der Waals surface area contributed by atoms with E-state index >= 15 is 0 Å². The summed E-state index contributed by atoms with van der Waals surface area (Å²) in [5, 5.41) is 3.49. The van der Waals surface area contributed by atoms with E-state index in [-0.39, 0.29) is 0 Å². The SMILES string of the molecule is CCCCn1cc(C)nc1Nc1c(C)cccc1C. The molecule has 0 amide bonds. The highest BCUT2D eigenvalue weighted by Gasteiger charge is 2.08. The summed E-state index contributed by atoms with van der Waals surface area (Å²) >= 11 is 0. The standard InChI is InChI=1S/C16H23N3/c1-5-6-10-19-11-14(4)17-16(19)18-15-12(2)8-7-9-13(15)3/h7-9,11H,5-6,10H2,1-4H3,(H,17,18). The molecule has 2 aromatic rings. The Balaban J connectivity index is 2.27. The van der Waals surface area contributed by atoms with Crippen LogP contribution in [0.15, 0.2) is 24.4 Å². The van der Waals surface area contributed by atoms with Gasteiger partial charge in [0.15, 0.2) is 0 Å². The molecule has 0 radical (unpaired) electrons. The van der Waals surface area contributed by atoms with Crippen LogP contribution in [0.5, 0.6) is 0 Å². The molecule has 0 unspecified atom stereocenters. The molecule has 102 valence electrons. The van der Waals surface area contributed by atoms with Crippen molar-refractivity contribution >= 4 is 11.6 Å². The van der Waals surface area contributed by atoms with E-state index in [1.165, 1.54) is 29.7 Å². The fraction of sp³-hybridized carbons (Fsp3) is 0.438. The van der Waals surface area contributed by atoms with Gasteiger partial charge in [0, 0.05) is 18.4 Å². The maximum atomic E-state index is 4.59. The van der Waals surface area contributed by atoms with Gasteiger partial charge in [-0.25, -0.2) is 4.98 Å². The highest BCUT2D eigenvalue weighted by atomic mass is 15.2. The molecule has 0 saturated heterocycles. The lowest BCUT2D eigenvalue weighted by Crippen LogP contribution is -2.05. The molecule has 19 heavy (non-hydrogen) atoms. The van der Waals surface area contributed by atoms with Gasteiger partial charge in [0.2, 0.25) is 5.95 Å². The third kappa shape index (κ3) is 3.16. The molecule has 0 atom stereocenters. The van der Waals surface area contributed by atoms with Crippen molar-refractivity contribution in [2.45, 2.75) is 47.1 Å². The number of hydrogen-bond donors (Lipinski definition) is 1. The fourth-order valence-electron chi connectivity index (χ4n) is 2.27. The summed E-state index contributed by atoms with van der Waals surface area (Å²) in [4.78, 5) is 4.59. The predicted octanol–water partition coefficient (Wildman–Crippen LogP) is 4.35. The van der Waals surface area contributed by atoms with Crippen LogP contribution < -0.4 is 5.32 Å². The van der Waals surface area contributed by atoms with Gasteiger partial charge in [-0.2, -0.15) is 0 Å². The molecule has 1 heterocycles. The third-order valence-corrected chi connectivity index (χ3v) is 3.37. The molecule has 1 N–H and O–H groups in total. The number of hydrogen-bond acceptors (Lipinski definition) is 2. The number of unbranched alkanes of at least 4 members (excludes halogenated alkanes) is 1. The van der Waals surface area contributed by atoms with Crippen molar-refractivity contribution in [3.8, 4) is 0 Å². The van der Waals surface area contributed by atoms with Gasteiger partial charge in [0.25, 0.3) is 0 Å². The first-order chi connectivity index (χ1) is 9.11. The minimum atomic E-state index is 0.948. The van der Waals surface area contributed by atoms with Crippen LogP contribution in [-0.4, -0.2) is 9.55 Å². The zero-order chi connectivity index (χ0) is 13.8. The van der Waals surface area contributed by atoms with Gasteiger partial charge in [-0.15, -0.1) is 0 Å². The monoisotopic (exact) mass is 257 g/mol. The van der Waals surface area contributed by atoms with Crippen molar-refractivity contribution in [2.75, 3.05) is 5.32 Å². The molecule has 2 rings (SSSR count). The first kappa shape index (κ1) is 13.7. The maximum Gasteiger partial charge on any atom is 0.207 e. The number of nitrogens with one attached hydrogen (secondary N) is 1. The Hall–Kier alpha value is -1.77. The fourth-order valence-corrected chi connectivity index (χ4v) is 2.27. The summed E-state index contributed by atoms with van der Waals surface area (Å²) in [6.07, 6.45) is 4.49. The highest BCUT2D eigenvalue weighted by molar-refractivity contribution is 5.63. The second-order valence-electron chi connectivity index (χ2n) is 5.14. The van der Waals surface area contributed by atoms with Crippen LogP contribution in [0, 0.1) is 20.8 Å². The molecule has 1 aromatic heterocycles. The molecule has 3 nitrogen and oxygen atoms in total. The molecule has 0 bridgehead atoms. The van der Waals surface area contributed by atoms with Crippen molar-refractivity contribution in [3.05, 3.63) is 41.2 Å². The molecular weight excluding hydrogens is 234 g/mol. The lowest BCUT2D eigenvalue weighted by Gasteiger charge is -2.13. The molecule has 3 heteroatoms. The third-order valence-electron chi connectivity index (χ3n) is 3.37. The van der Waals surface area contributed by atoms with Crippen molar-refractivity contribution in [3.63, 3.8) is 0 Å². The van der Waals surface area contributed by atoms with E-state index in [0.717, 1.165) is 18.2 Å². The van der Waals surface area contributed by atoms with Crippen LogP contribution >= 0.6 is 0 Å². The minimum absolute atomic E-state index is 0.948. The van der Waals surface area contributed by atoms with Gasteiger partial charge in [0.1, 0.15) is 0 Å². The topological polar surface area (TPSA) is 29.9 Å². The highest BCUT2D eigenvalue weighted by Crippen LogP contribution is 2.24. The first-order valence-corrected chi connectivity index (χ1v) is 6.99. The van der Waals surface area contributed by atoms with Gasteiger partial charge in [-0.3, -0.25) is 0 Å². The first-order valence-electron chi connectivity index (χ1n) is 6.99. The van der Waals surface area contributed by atoms with E-state index in [0.29, 0.717) is 0 Å². The van der Waals surface area contributed by atoms with E-state index in [1.807, 2.05) is 6.92 Å². The molecule has 1 aromatic carbocycles. The summed E-state index contributed by atoms with van der Waals surface area (Å²) in [5.74, 6) is 0.948. The zero-order valence-electron chi connectivity index (χ0n) is 12.3. The van der Waals surface area contributed by atoms with Crippen LogP contribution in [0.1, 0.15) is 36.6 Å². The quantitative estimate of drug-likeness (QED) is 0.863. The van der Waals surface area contributed by atoms with Crippen molar-refractivity contribution in [1.29, 1.82) is 0 Å². The zero-order valence-corrected chi connectivity index (χ0v) is 12.3. The molecule has 0 fully saturated rings. The van der Waals surface area contributed by atoms with Crippen LogP contribution in [0.4, 0.5) is 11.6 Å². The average molecular weight is 257 g/mol. The summed E-state index contributed by atoms with van der Waals surface area (Å²) < 4.78 is 2.21. The number of imidazole rings is 1. The van der Waals surface area contributed by atoms with Crippen molar-refractivity contribution in [1.82, 2.24) is 9.55 Å². The smallest absolute Gasteiger partial charge is 0.207 e. The Morgan fingerprint density at radius 1 is 1.16 bits per heavy atom. The average Bonchev–Trinajstić information content (AvgIpc) is 2.72. The summed E-state index contributed by atoms with van der Waals surface area (Å²) in [7, 11) is 0. The van der Waals surface area contributed by atoms with Gasteiger partial charge in [-0.05, 0) is 38.3 Å². The number of nitrogens with zero attached hydrogens (tertiary/aromatic N) is 2. The largest absolute Gasteiger partial charge is 0.325 e. The number of anilines is 2. The van der Waals surface area contributed by atoms with E-state index in [1.54, 1.807) is 0 Å². The number of benzene rings is 1. The van der Waals surface area contributed by atoms with E-state index in [9.17, 15) is 0 Å². The Morgan fingerprint density at radius 2 is 1.84 bits per heavy atom. The van der Waals surface area contributed by atoms with Gasteiger partial charge in [-0.1, -0.05) is 31.5 Å². The van der Waals surface area contributed by atoms with Crippen molar-refractivity contribution < 1.29 is 0 Å². The Bertz CT molecular complexity index is 535. The van der Waals surface area contributed by atoms with E-state index in [4.69, 9.17) is 0 Å². The van der Waals surface area contributed by atoms with Crippen molar-refractivity contribution in [2.24, 2.45) is 0 Å². The van der Waals surface area contributed by atoms with Gasteiger partial charge < -0.3 is 9.88 Å². The second-order valence-corrected chi connectivity index (χ2v) is 5.14. The van der Waals surface area contributed by atoms with Gasteiger partial charge >= 0.3 is 0 Å². The Labute approximate surface area is 115 Å². The summed E-state index contributed by atoms with van der Waals surface area (Å²) in [6, 6.07) is 6.34. The maximum absolute atomic E-state index is 4.59. The minimum Gasteiger partial charge on any atom is -0.325 e. The second kappa shape index (κ2) is 5.91. The van der Waals surface area contributed by atoms with E-state index < -0.39 is 0 Å². The van der Waals surface area contributed by atoms with E-state index in [2.05, 4.69) is 60.0 Å². The van der Waals surface area contributed by atoms with Crippen LogP contribution in [0.2, 0.25) is 0 Å². The number of rotatable bonds is 5. The number of aryl methyl sites for hydroxylation is 4. The van der Waals surface area contributed by atoms with Crippen LogP contribution in [0.3, 0.4) is 0 Å². The van der Waals surface area contributed by atoms with Gasteiger partial charge in [0.05, 0.1) is 5.69 Å². The Kier molecular flexibility index (Phi) is 4.25. The Morgan fingerprint density at radius 3 is 2.47 bits per heavy atom. The molecule has 0 saturated carbocycles. The predicted molar refractivity (Wildman–Crippen MR) is 81.1 cm³/mol. The number of aromatic nitrogens is 2. The molecule has 0 aliphatic carbocycles. The van der Waals surface area contributed by atoms with Crippen LogP contribution in [-0.2, 0) is 6.54 Å². The molecule has 0 aliphatic rings. The normalized spacial score (nSPS) is 10.7. The molecule has 0 spiro atoms.